The molecule has 1 atom stereocenters. The van der Waals surface area contributed by atoms with Gasteiger partial charge in [0.25, 0.3) is 5.56 Å². The molecule has 0 amide bonds. The lowest BCUT2D eigenvalue weighted by Gasteiger charge is -2.16. The van der Waals surface area contributed by atoms with E-state index >= 15 is 0 Å². The number of nitrogens with one attached hydrogen (secondary N) is 2. The highest BCUT2D eigenvalue weighted by atomic mass is 32.1. The van der Waals surface area contributed by atoms with Gasteiger partial charge in [0, 0.05) is 17.9 Å². The van der Waals surface area contributed by atoms with Crippen molar-refractivity contribution >= 4 is 21.6 Å². The van der Waals surface area contributed by atoms with E-state index in [4.69, 9.17) is 0 Å². The van der Waals surface area contributed by atoms with E-state index < -0.39 is 0 Å². The van der Waals surface area contributed by atoms with Gasteiger partial charge in [-0.3, -0.25) is 4.79 Å². The molecular weight excluding hydrogens is 284 g/mol. The molecule has 0 fully saturated rings. The van der Waals surface area contributed by atoms with Crippen molar-refractivity contribution in [3.8, 4) is 0 Å². The Morgan fingerprint density at radius 3 is 3.14 bits per heavy atom. The van der Waals surface area contributed by atoms with Gasteiger partial charge in [0.05, 0.1) is 12.1 Å². The number of fused-ring (bicyclic) bond motifs is 1. The third-order valence-corrected chi connectivity index (χ3v) is 4.41. The van der Waals surface area contributed by atoms with Crippen molar-refractivity contribution in [3.05, 3.63) is 51.6 Å². The quantitative estimate of drug-likeness (QED) is 0.761. The van der Waals surface area contributed by atoms with Gasteiger partial charge in [-0.05, 0) is 37.0 Å². The second-order valence-electron chi connectivity index (χ2n) is 4.99. The summed E-state index contributed by atoms with van der Waals surface area (Å²) >= 11 is 1.42. The highest BCUT2D eigenvalue weighted by Crippen LogP contribution is 2.16. The number of hydrogen-bond acceptors (Lipinski definition) is 4. The molecule has 0 aromatic carbocycles. The number of thiophene rings is 1. The fourth-order valence-corrected chi connectivity index (χ4v) is 3.26. The molecule has 21 heavy (non-hydrogen) atoms. The Bertz CT molecular complexity index is 801. The SMILES string of the molecule is CCNC(C)c1cccn1Cc1nc2ccsc2c(=O)[nH]1. The molecule has 0 aliphatic carbocycles. The maximum Gasteiger partial charge on any atom is 0.268 e. The second kappa shape index (κ2) is 5.83. The fraction of sp³-hybridized carbons (Fsp3) is 0.333. The average molecular weight is 302 g/mol. The van der Waals surface area contributed by atoms with Gasteiger partial charge in [0.15, 0.2) is 0 Å². The Morgan fingerprint density at radius 2 is 2.33 bits per heavy atom. The second-order valence-corrected chi connectivity index (χ2v) is 5.90. The maximum atomic E-state index is 12.0. The molecule has 1 unspecified atom stereocenters. The molecule has 5 nitrogen and oxygen atoms in total. The lowest BCUT2D eigenvalue weighted by atomic mass is 10.2. The standard InChI is InChI=1S/C15H18N4OS/c1-3-16-10(2)12-5-4-7-19(12)9-13-17-11-6-8-21-14(11)15(20)18-13/h4-8,10,16H,3,9H2,1-2H3,(H,17,18,20). The van der Waals surface area contributed by atoms with Gasteiger partial charge in [-0.1, -0.05) is 6.92 Å². The van der Waals surface area contributed by atoms with Crippen molar-refractivity contribution in [2.45, 2.75) is 26.4 Å². The first-order chi connectivity index (χ1) is 10.2. The van der Waals surface area contributed by atoms with Crippen LogP contribution in [0.3, 0.4) is 0 Å². The molecule has 0 bridgehead atoms. The zero-order valence-electron chi connectivity index (χ0n) is 12.1. The average Bonchev–Trinajstić information content (AvgIpc) is 3.08. The molecule has 110 valence electrons. The lowest BCUT2D eigenvalue weighted by molar-refractivity contribution is 0.549. The van der Waals surface area contributed by atoms with Crippen LogP contribution in [0.1, 0.15) is 31.4 Å². The molecular formula is C15H18N4OS. The smallest absolute Gasteiger partial charge is 0.268 e. The Balaban J connectivity index is 1.92. The summed E-state index contributed by atoms with van der Waals surface area (Å²) in [5, 5.41) is 5.29. The number of hydrogen-bond donors (Lipinski definition) is 2. The highest BCUT2D eigenvalue weighted by Gasteiger charge is 2.11. The summed E-state index contributed by atoms with van der Waals surface area (Å²) in [6.45, 7) is 5.71. The summed E-state index contributed by atoms with van der Waals surface area (Å²) < 4.78 is 2.80. The van der Waals surface area contributed by atoms with E-state index in [9.17, 15) is 4.79 Å². The van der Waals surface area contributed by atoms with Gasteiger partial charge in [-0.15, -0.1) is 11.3 Å². The number of H-pyrrole nitrogens is 1. The van der Waals surface area contributed by atoms with Gasteiger partial charge >= 0.3 is 0 Å². The van der Waals surface area contributed by atoms with Gasteiger partial charge in [-0.25, -0.2) is 4.98 Å². The van der Waals surface area contributed by atoms with Crippen LogP contribution in [-0.4, -0.2) is 21.1 Å². The van der Waals surface area contributed by atoms with E-state index in [2.05, 4.69) is 39.8 Å². The van der Waals surface area contributed by atoms with E-state index in [1.165, 1.54) is 17.0 Å². The van der Waals surface area contributed by atoms with E-state index in [0.29, 0.717) is 17.1 Å². The minimum Gasteiger partial charge on any atom is -0.342 e. The summed E-state index contributed by atoms with van der Waals surface area (Å²) in [5.74, 6) is 0.687. The predicted octanol–water partition coefficient (Wildman–Crippen LogP) is 2.50. The highest BCUT2D eigenvalue weighted by molar-refractivity contribution is 7.17. The van der Waals surface area contributed by atoms with Crippen molar-refractivity contribution in [2.75, 3.05) is 6.54 Å². The fourth-order valence-electron chi connectivity index (χ4n) is 2.53. The molecule has 0 radical (unpaired) electrons. The molecule has 3 heterocycles. The lowest BCUT2D eigenvalue weighted by Crippen LogP contribution is -2.21. The molecule has 2 N–H and O–H groups in total. The molecule has 0 aliphatic rings. The van der Waals surface area contributed by atoms with Crippen LogP contribution in [0.25, 0.3) is 10.2 Å². The van der Waals surface area contributed by atoms with Crippen LogP contribution in [0, 0.1) is 0 Å². The van der Waals surface area contributed by atoms with Crippen LogP contribution in [0.2, 0.25) is 0 Å². The number of aromatic nitrogens is 3. The Kier molecular flexibility index (Phi) is 3.90. The number of aromatic amines is 1. The van der Waals surface area contributed by atoms with Crippen LogP contribution >= 0.6 is 11.3 Å². The Hall–Kier alpha value is -1.92. The molecule has 3 aromatic rings. The first-order valence-electron chi connectivity index (χ1n) is 7.04. The van der Waals surface area contributed by atoms with E-state index in [-0.39, 0.29) is 11.6 Å². The van der Waals surface area contributed by atoms with Gasteiger partial charge < -0.3 is 14.9 Å². The molecule has 0 aliphatic heterocycles. The molecule has 6 heteroatoms. The summed E-state index contributed by atoms with van der Waals surface area (Å²) in [6.07, 6.45) is 2.01. The molecule has 3 aromatic heterocycles. The minimum atomic E-state index is -0.0570. The molecule has 3 rings (SSSR count). The molecule has 0 spiro atoms. The monoisotopic (exact) mass is 302 g/mol. The van der Waals surface area contributed by atoms with Crippen molar-refractivity contribution in [3.63, 3.8) is 0 Å². The van der Waals surface area contributed by atoms with Gasteiger partial charge in [0.1, 0.15) is 10.5 Å². The first kappa shape index (κ1) is 14.0. The Morgan fingerprint density at radius 1 is 1.48 bits per heavy atom. The van der Waals surface area contributed by atoms with Crippen LogP contribution in [0.15, 0.2) is 34.6 Å². The van der Waals surface area contributed by atoms with Crippen molar-refractivity contribution < 1.29 is 0 Å². The summed E-state index contributed by atoms with van der Waals surface area (Å²) in [7, 11) is 0. The summed E-state index contributed by atoms with van der Waals surface area (Å²) in [4.78, 5) is 19.4. The topological polar surface area (TPSA) is 62.7 Å². The van der Waals surface area contributed by atoms with Crippen molar-refractivity contribution in [1.29, 1.82) is 0 Å². The number of rotatable bonds is 5. The van der Waals surface area contributed by atoms with Crippen LogP contribution in [0.5, 0.6) is 0 Å². The largest absolute Gasteiger partial charge is 0.342 e. The maximum absolute atomic E-state index is 12.0. The first-order valence-corrected chi connectivity index (χ1v) is 7.92. The zero-order chi connectivity index (χ0) is 14.8. The van der Waals surface area contributed by atoms with Crippen LogP contribution < -0.4 is 10.9 Å². The molecule has 0 saturated heterocycles. The zero-order valence-corrected chi connectivity index (χ0v) is 12.9. The van der Waals surface area contributed by atoms with Crippen molar-refractivity contribution in [2.24, 2.45) is 0 Å². The van der Waals surface area contributed by atoms with Crippen LogP contribution in [0.4, 0.5) is 0 Å². The minimum absolute atomic E-state index is 0.0570. The van der Waals surface area contributed by atoms with Gasteiger partial charge in [-0.2, -0.15) is 0 Å². The van der Waals surface area contributed by atoms with E-state index in [1.807, 2.05) is 23.7 Å². The third-order valence-electron chi connectivity index (χ3n) is 3.50. The van der Waals surface area contributed by atoms with Crippen LogP contribution in [-0.2, 0) is 6.54 Å². The summed E-state index contributed by atoms with van der Waals surface area (Å²) in [6, 6.07) is 6.26. The predicted molar refractivity (Wildman–Crippen MR) is 85.9 cm³/mol. The summed E-state index contributed by atoms with van der Waals surface area (Å²) in [5.41, 5.74) is 1.90. The van der Waals surface area contributed by atoms with Crippen molar-refractivity contribution in [1.82, 2.24) is 19.9 Å². The normalized spacial score (nSPS) is 12.9. The van der Waals surface area contributed by atoms with E-state index in [1.54, 1.807) is 0 Å². The van der Waals surface area contributed by atoms with Gasteiger partial charge in [0.2, 0.25) is 0 Å². The van der Waals surface area contributed by atoms with E-state index in [0.717, 1.165) is 12.1 Å². The third kappa shape index (κ3) is 2.77. The Labute approximate surface area is 126 Å². The molecule has 0 saturated carbocycles. The number of nitrogens with zero attached hydrogens (tertiary/aromatic N) is 2.